The van der Waals surface area contributed by atoms with Gasteiger partial charge in [0.15, 0.2) is 0 Å². The van der Waals surface area contributed by atoms with E-state index >= 15 is 0 Å². The average molecular weight is 908 g/mol. The number of hydrogen-bond acceptors (Lipinski definition) is 15. The van der Waals surface area contributed by atoms with Crippen molar-refractivity contribution in [3.8, 4) is 23.6 Å². The summed E-state index contributed by atoms with van der Waals surface area (Å²) in [6.07, 6.45) is 21.0. The largest absolute Gasteiger partial charge is 0.488 e. The number of ether oxygens (including phenoxy) is 4. The molecule has 3 aliphatic carbocycles. The van der Waals surface area contributed by atoms with E-state index < -0.39 is 0 Å². The Bertz CT molecular complexity index is 2720. The molecule has 2 aliphatic heterocycles. The summed E-state index contributed by atoms with van der Waals surface area (Å²) in [6, 6.07) is 13.2. The minimum absolute atomic E-state index is 0.0941. The maximum atomic E-state index is 9.63. The van der Waals surface area contributed by atoms with Crippen LogP contribution in [-0.2, 0) is 14.9 Å². The third-order valence-electron chi connectivity index (χ3n) is 13.8. The first-order valence-corrected chi connectivity index (χ1v) is 24.0. The molecule has 2 saturated heterocycles. The van der Waals surface area contributed by atoms with Crippen molar-refractivity contribution in [3.63, 3.8) is 0 Å². The van der Waals surface area contributed by atoms with Crippen LogP contribution in [0.15, 0.2) is 61.4 Å². The molecule has 350 valence electrons. The molecule has 8 heterocycles. The second-order valence-electron chi connectivity index (χ2n) is 18.1. The lowest BCUT2D eigenvalue weighted by Crippen LogP contribution is -2.36. The molecular weight excluding hydrogens is 847 g/mol. The Morgan fingerprint density at radius 2 is 1.24 bits per heavy atom. The molecule has 17 nitrogen and oxygen atoms in total. The lowest BCUT2D eigenvalue weighted by Gasteiger charge is -2.31. The van der Waals surface area contributed by atoms with Gasteiger partial charge in [-0.2, -0.15) is 20.7 Å². The van der Waals surface area contributed by atoms with E-state index in [1.54, 1.807) is 29.3 Å². The van der Waals surface area contributed by atoms with E-state index in [9.17, 15) is 10.5 Å². The number of anilines is 3. The van der Waals surface area contributed by atoms with Crippen LogP contribution in [0.5, 0.6) is 11.5 Å². The van der Waals surface area contributed by atoms with Crippen LogP contribution in [0.3, 0.4) is 0 Å². The number of nitriles is 2. The monoisotopic (exact) mass is 907 g/mol. The van der Waals surface area contributed by atoms with Crippen molar-refractivity contribution in [2.75, 3.05) is 55.1 Å². The van der Waals surface area contributed by atoms with E-state index in [4.69, 9.17) is 18.9 Å². The molecule has 0 spiro atoms. The van der Waals surface area contributed by atoms with Gasteiger partial charge in [-0.25, -0.2) is 29.0 Å². The van der Waals surface area contributed by atoms with Crippen LogP contribution in [-0.4, -0.2) is 103 Å². The minimum atomic E-state index is 0.0941. The zero-order valence-corrected chi connectivity index (χ0v) is 39.0. The Balaban J connectivity index is 0.000000162. The number of nitrogens with one attached hydrogen (secondary N) is 2. The first-order chi connectivity index (χ1) is 32.8. The highest BCUT2D eigenvalue weighted by atomic mass is 16.5. The number of pyridine rings is 2. The molecule has 67 heavy (non-hydrogen) atoms. The highest BCUT2D eigenvalue weighted by Crippen LogP contribution is 2.59. The van der Waals surface area contributed by atoms with E-state index in [0.717, 1.165) is 130 Å². The molecule has 0 bridgehead atoms. The van der Waals surface area contributed by atoms with E-state index in [1.807, 2.05) is 56.6 Å². The Kier molecular flexibility index (Phi) is 14.0. The second-order valence-corrected chi connectivity index (χ2v) is 18.1. The van der Waals surface area contributed by atoms with Gasteiger partial charge in [-0.05, 0) is 108 Å². The SMILES string of the molecule is CC.Cc1ccnc(NC2CCC(Oc3cc(C45CCOCC4C5)cn4ncc(C#N)c34)CC2)n1.Cc1ccnc(NC2CCC(Oc3cc(N4CCOCC4)cn4ncc(C#N)c34)CC2)n1. The smallest absolute Gasteiger partial charge is 0.223 e. The Labute approximate surface area is 391 Å². The van der Waals surface area contributed by atoms with Crippen LogP contribution >= 0.6 is 0 Å². The Morgan fingerprint density at radius 1 is 0.701 bits per heavy atom. The van der Waals surface area contributed by atoms with Crippen LogP contribution in [0.2, 0.25) is 0 Å². The van der Waals surface area contributed by atoms with Crippen LogP contribution < -0.4 is 25.0 Å². The number of rotatable bonds is 10. The lowest BCUT2D eigenvalue weighted by molar-refractivity contribution is 0.0800. The maximum absolute atomic E-state index is 9.63. The topological polar surface area (TPSA) is 198 Å². The molecule has 6 aromatic rings. The molecule has 6 aromatic heterocycles. The number of hydrogen-bond donors (Lipinski definition) is 2. The van der Waals surface area contributed by atoms with Crippen molar-refractivity contribution in [3.05, 3.63) is 89.5 Å². The highest BCUT2D eigenvalue weighted by molar-refractivity contribution is 5.73. The van der Waals surface area contributed by atoms with Crippen LogP contribution in [0, 0.1) is 42.4 Å². The van der Waals surface area contributed by atoms with E-state index in [2.05, 4.69) is 70.1 Å². The summed E-state index contributed by atoms with van der Waals surface area (Å²) in [7, 11) is 0. The van der Waals surface area contributed by atoms with Gasteiger partial charge in [-0.3, -0.25) is 0 Å². The third-order valence-corrected chi connectivity index (χ3v) is 13.8. The predicted molar refractivity (Wildman–Crippen MR) is 254 cm³/mol. The van der Waals surface area contributed by atoms with E-state index in [0.29, 0.717) is 54.2 Å². The molecule has 5 fully saturated rings. The van der Waals surface area contributed by atoms with Gasteiger partial charge in [0.25, 0.3) is 0 Å². The number of aromatic nitrogens is 8. The standard InChI is InChI=1S/C25H28N6O2.C23H27N7O2.C2H6/c1-16-6-8-27-24(29-16)30-20-2-4-21(5-3-20)33-22-10-18(25-7-9-32-15-19(25)11-25)14-31-23(22)17(12-26)13-28-31;1-16-6-7-25-23(27-16)28-18-2-4-20(5-3-18)32-21-12-19(29-8-10-31-11-9-29)15-30-22(21)17(13-24)14-26-30;1-2/h6,8,10,13-14,19-21H,2-5,7,9,11,15H2,1H3,(H,27,29,30);6-7,12,14-15,18,20H,2-5,8-11H2,1H3,(H,25,27,28);1-2H3. The predicted octanol–water partition coefficient (Wildman–Crippen LogP) is 7.75. The summed E-state index contributed by atoms with van der Waals surface area (Å²) in [6.45, 7) is 12.6. The van der Waals surface area contributed by atoms with Gasteiger partial charge in [0.1, 0.15) is 45.8 Å². The fraction of sp³-hybridized carbons (Fsp3) is 0.520. The first kappa shape index (κ1) is 45.6. The molecule has 0 amide bonds. The second kappa shape index (κ2) is 20.5. The fourth-order valence-corrected chi connectivity index (χ4v) is 10.1. The molecule has 2 unspecified atom stereocenters. The van der Waals surface area contributed by atoms with Crippen molar-refractivity contribution in [1.82, 2.24) is 39.2 Å². The van der Waals surface area contributed by atoms with Gasteiger partial charge in [-0.15, -0.1) is 0 Å². The number of nitrogens with zero attached hydrogens (tertiary/aromatic N) is 11. The molecule has 2 atom stereocenters. The van der Waals surface area contributed by atoms with Gasteiger partial charge < -0.3 is 34.5 Å². The van der Waals surface area contributed by atoms with Crippen molar-refractivity contribution in [1.29, 1.82) is 10.5 Å². The number of aryl methyl sites for hydroxylation is 2. The highest BCUT2D eigenvalue weighted by Gasteiger charge is 2.57. The quantitative estimate of drug-likeness (QED) is 0.135. The first-order valence-electron chi connectivity index (χ1n) is 24.0. The Morgan fingerprint density at radius 3 is 1.76 bits per heavy atom. The molecule has 3 saturated carbocycles. The minimum Gasteiger partial charge on any atom is -0.488 e. The van der Waals surface area contributed by atoms with Crippen LogP contribution in [0.4, 0.5) is 17.6 Å². The van der Waals surface area contributed by atoms with E-state index in [1.165, 1.54) is 5.56 Å². The van der Waals surface area contributed by atoms with Crippen LogP contribution in [0.1, 0.15) is 106 Å². The molecular formula is C50H61N13O4. The number of fused-ring (bicyclic) bond motifs is 3. The zero-order chi connectivity index (χ0) is 46.3. The summed E-state index contributed by atoms with van der Waals surface area (Å²) in [5, 5.41) is 35.0. The average Bonchev–Trinajstić information content (AvgIpc) is 3.74. The summed E-state index contributed by atoms with van der Waals surface area (Å²) < 4.78 is 27.8. The summed E-state index contributed by atoms with van der Waals surface area (Å²) in [4.78, 5) is 19.8. The summed E-state index contributed by atoms with van der Waals surface area (Å²) in [5.41, 5.74) is 6.99. The molecule has 11 rings (SSSR count). The lowest BCUT2D eigenvalue weighted by atomic mass is 9.90. The third kappa shape index (κ3) is 10.2. The van der Waals surface area contributed by atoms with Crippen molar-refractivity contribution >= 4 is 28.6 Å². The van der Waals surface area contributed by atoms with E-state index in [-0.39, 0.29) is 17.6 Å². The maximum Gasteiger partial charge on any atom is 0.223 e. The van der Waals surface area contributed by atoms with Crippen molar-refractivity contribution in [2.24, 2.45) is 5.92 Å². The summed E-state index contributed by atoms with van der Waals surface area (Å²) in [5.74, 6) is 3.47. The van der Waals surface area contributed by atoms with Crippen molar-refractivity contribution in [2.45, 2.75) is 122 Å². The van der Waals surface area contributed by atoms with Gasteiger partial charge in [0.2, 0.25) is 11.9 Å². The Hall–Kier alpha value is -6.56. The number of morpholine rings is 1. The van der Waals surface area contributed by atoms with Crippen LogP contribution in [0.25, 0.3) is 11.0 Å². The van der Waals surface area contributed by atoms with Gasteiger partial charge in [0.05, 0.1) is 56.3 Å². The fourth-order valence-electron chi connectivity index (χ4n) is 10.1. The molecule has 0 aromatic carbocycles. The molecule has 17 heteroatoms. The van der Waals surface area contributed by atoms with Gasteiger partial charge in [-0.1, -0.05) is 13.8 Å². The van der Waals surface area contributed by atoms with Crippen molar-refractivity contribution < 1.29 is 18.9 Å². The molecule has 5 aliphatic rings. The molecule has 2 N–H and O–H groups in total. The molecule has 0 radical (unpaired) electrons. The summed E-state index contributed by atoms with van der Waals surface area (Å²) >= 11 is 0. The zero-order valence-electron chi connectivity index (χ0n) is 39.0. The van der Waals surface area contributed by atoms with Gasteiger partial charge in [0, 0.05) is 73.2 Å². The normalized spacial score (nSPS) is 24.4. The van der Waals surface area contributed by atoms with Gasteiger partial charge >= 0.3 is 0 Å².